The van der Waals surface area contributed by atoms with Crippen molar-refractivity contribution < 1.29 is 13.2 Å². The summed E-state index contributed by atoms with van der Waals surface area (Å²) in [4.78, 5) is 17.3. The van der Waals surface area contributed by atoms with E-state index in [0.29, 0.717) is 26.1 Å². The molecule has 1 fully saturated rings. The molecule has 4 rings (SSSR count). The molecule has 1 atom stereocenters. The van der Waals surface area contributed by atoms with E-state index in [4.69, 9.17) is 0 Å². The number of sulfonamides is 1. The van der Waals surface area contributed by atoms with Gasteiger partial charge in [-0.3, -0.25) is 4.79 Å². The molecular weight excluding hydrogens is 412 g/mol. The number of benzene rings is 2. The molecule has 0 radical (unpaired) electrons. The Kier molecular flexibility index (Phi) is 6.48. The van der Waals surface area contributed by atoms with E-state index in [1.54, 1.807) is 42.9 Å². The smallest absolute Gasteiger partial charge is 0.243 e. The fourth-order valence-corrected chi connectivity index (χ4v) is 5.62. The first-order chi connectivity index (χ1) is 15.1. The van der Waals surface area contributed by atoms with E-state index >= 15 is 0 Å². The van der Waals surface area contributed by atoms with Gasteiger partial charge in [0.25, 0.3) is 0 Å². The van der Waals surface area contributed by atoms with Crippen LogP contribution in [0.5, 0.6) is 0 Å². The number of hydrogen-bond acceptors (Lipinski definition) is 4. The molecule has 8 heteroatoms. The number of nitrogens with one attached hydrogen (secondary N) is 1. The molecule has 1 aliphatic rings. The molecule has 2 heterocycles. The van der Waals surface area contributed by atoms with Gasteiger partial charge in [-0.2, -0.15) is 4.31 Å². The van der Waals surface area contributed by atoms with Gasteiger partial charge in [0.2, 0.25) is 15.9 Å². The fourth-order valence-electron chi connectivity index (χ4n) is 3.94. The summed E-state index contributed by atoms with van der Waals surface area (Å²) in [5.74, 6) is -0.253. The van der Waals surface area contributed by atoms with Gasteiger partial charge < -0.3 is 9.88 Å². The van der Waals surface area contributed by atoms with Crippen molar-refractivity contribution in [2.75, 3.05) is 6.54 Å². The van der Waals surface area contributed by atoms with Gasteiger partial charge in [0.15, 0.2) is 0 Å². The number of carbonyl (C=O) groups excluding carboxylic acids is 1. The van der Waals surface area contributed by atoms with Crippen molar-refractivity contribution in [3.8, 4) is 0 Å². The van der Waals surface area contributed by atoms with Gasteiger partial charge in [0.1, 0.15) is 6.04 Å². The van der Waals surface area contributed by atoms with Crippen LogP contribution < -0.4 is 5.32 Å². The summed E-state index contributed by atoms with van der Waals surface area (Å²) in [6.45, 7) is 1.36. The van der Waals surface area contributed by atoms with E-state index < -0.39 is 16.1 Å². The number of piperidine rings is 1. The Balaban J connectivity index is 1.48. The van der Waals surface area contributed by atoms with E-state index in [-0.39, 0.29) is 10.8 Å². The Labute approximate surface area is 182 Å². The fraction of sp³-hybridized carbons (Fsp3) is 0.304. The minimum absolute atomic E-state index is 0.223. The van der Waals surface area contributed by atoms with Gasteiger partial charge in [0.05, 0.1) is 11.2 Å². The predicted molar refractivity (Wildman–Crippen MR) is 118 cm³/mol. The number of amides is 1. The molecule has 1 amide bonds. The maximum Gasteiger partial charge on any atom is 0.243 e. The predicted octanol–water partition coefficient (Wildman–Crippen LogP) is 2.79. The first kappa shape index (κ1) is 21.3. The lowest BCUT2D eigenvalue weighted by molar-refractivity contribution is -0.125. The number of aromatic nitrogens is 2. The van der Waals surface area contributed by atoms with E-state index in [0.717, 1.165) is 24.0 Å². The summed E-state index contributed by atoms with van der Waals surface area (Å²) in [6, 6.07) is 15.5. The standard InChI is InChI=1S/C23H26N4O3S/c28-23(25-16-19-8-4-5-9-20(19)17-26-15-13-24-18-26)22-12-6-7-14-27(22)31(29,30)21-10-2-1-3-11-21/h1-5,8-11,13,15,18,22H,6-7,12,14,16-17H2,(H,25,28). The lowest BCUT2D eigenvalue weighted by Crippen LogP contribution is -2.51. The van der Waals surface area contributed by atoms with E-state index in [1.807, 2.05) is 35.0 Å². The molecule has 0 aliphatic carbocycles. The van der Waals surface area contributed by atoms with Crippen LogP contribution in [0.3, 0.4) is 0 Å². The molecule has 31 heavy (non-hydrogen) atoms. The molecule has 3 aromatic rings. The maximum absolute atomic E-state index is 13.1. The second kappa shape index (κ2) is 9.45. The number of carbonyl (C=O) groups is 1. The average Bonchev–Trinajstić information content (AvgIpc) is 3.32. The molecule has 1 unspecified atom stereocenters. The molecule has 0 spiro atoms. The Bertz CT molecular complexity index is 1110. The van der Waals surface area contributed by atoms with Crippen molar-refractivity contribution in [1.82, 2.24) is 19.2 Å². The lowest BCUT2D eigenvalue weighted by Gasteiger charge is -2.33. The van der Waals surface area contributed by atoms with Gasteiger partial charge in [-0.05, 0) is 36.1 Å². The Morgan fingerprint density at radius 1 is 1.03 bits per heavy atom. The second-order valence-electron chi connectivity index (χ2n) is 7.66. The van der Waals surface area contributed by atoms with Crippen LogP contribution in [0.4, 0.5) is 0 Å². The van der Waals surface area contributed by atoms with E-state index in [1.165, 1.54) is 4.31 Å². The zero-order valence-corrected chi connectivity index (χ0v) is 18.0. The molecule has 162 valence electrons. The van der Waals surface area contributed by atoms with Gasteiger partial charge >= 0.3 is 0 Å². The van der Waals surface area contributed by atoms with E-state index in [9.17, 15) is 13.2 Å². The topological polar surface area (TPSA) is 84.3 Å². The molecule has 0 bridgehead atoms. The first-order valence-corrected chi connectivity index (χ1v) is 11.9. The third kappa shape index (κ3) is 4.86. The molecule has 0 saturated carbocycles. The van der Waals surface area contributed by atoms with E-state index in [2.05, 4.69) is 10.3 Å². The molecule has 1 saturated heterocycles. The van der Waals surface area contributed by atoms with Gasteiger partial charge in [-0.25, -0.2) is 13.4 Å². The Morgan fingerprint density at radius 3 is 2.52 bits per heavy atom. The highest BCUT2D eigenvalue weighted by Gasteiger charge is 2.37. The van der Waals surface area contributed by atoms with Crippen LogP contribution in [-0.2, 0) is 27.9 Å². The lowest BCUT2D eigenvalue weighted by atomic mass is 10.0. The van der Waals surface area contributed by atoms with Crippen LogP contribution in [0.2, 0.25) is 0 Å². The summed E-state index contributed by atoms with van der Waals surface area (Å²) in [5.41, 5.74) is 2.08. The van der Waals surface area contributed by atoms with Gasteiger partial charge in [-0.1, -0.05) is 48.9 Å². The van der Waals surface area contributed by atoms with Crippen molar-refractivity contribution in [2.24, 2.45) is 0 Å². The number of nitrogens with zero attached hydrogens (tertiary/aromatic N) is 3. The largest absolute Gasteiger partial charge is 0.351 e. The molecular formula is C23H26N4O3S. The Morgan fingerprint density at radius 2 is 1.77 bits per heavy atom. The summed E-state index contributed by atoms with van der Waals surface area (Å²) < 4.78 is 29.6. The minimum atomic E-state index is -3.72. The van der Waals surface area contributed by atoms with Crippen LogP contribution in [0.1, 0.15) is 30.4 Å². The maximum atomic E-state index is 13.1. The highest BCUT2D eigenvalue weighted by atomic mass is 32.2. The third-order valence-corrected chi connectivity index (χ3v) is 7.51. The summed E-state index contributed by atoms with van der Waals surface area (Å²) in [7, 11) is -3.72. The van der Waals surface area contributed by atoms with Gasteiger partial charge in [0, 0.05) is 32.0 Å². The summed E-state index contributed by atoms with van der Waals surface area (Å²) in [6.07, 6.45) is 7.48. The van der Waals surface area contributed by atoms with Crippen molar-refractivity contribution in [2.45, 2.75) is 43.3 Å². The SMILES string of the molecule is O=C(NCc1ccccc1Cn1ccnc1)C1CCCCN1S(=O)(=O)c1ccccc1. The quantitative estimate of drug-likeness (QED) is 0.615. The van der Waals surface area contributed by atoms with Crippen LogP contribution in [0.15, 0.2) is 78.2 Å². The van der Waals surface area contributed by atoms with Crippen molar-refractivity contribution in [1.29, 1.82) is 0 Å². The Hall–Kier alpha value is -2.97. The molecule has 2 aromatic carbocycles. The first-order valence-electron chi connectivity index (χ1n) is 10.4. The molecule has 1 aliphatic heterocycles. The normalized spacial score (nSPS) is 17.4. The van der Waals surface area contributed by atoms with Gasteiger partial charge in [-0.15, -0.1) is 0 Å². The second-order valence-corrected chi connectivity index (χ2v) is 9.55. The number of rotatable bonds is 7. The van der Waals surface area contributed by atoms with Crippen LogP contribution >= 0.6 is 0 Å². The zero-order valence-electron chi connectivity index (χ0n) is 17.2. The molecule has 1 N–H and O–H groups in total. The van der Waals surface area contributed by atoms with Crippen LogP contribution in [0.25, 0.3) is 0 Å². The van der Waals surface area contributed by atoms with Crippen LogP contribution in [-0.4, -0.2) is 40.8 Å². The number of imidazole rings is 1. The number of hydrogen-bond donors (Lipinski definition) is 1. The highest BCUT2D eigenvalue weighted by Crippen LogP contribution is 2.25. The highest BCUT2D eigenvalue weighted by molar-refractivity contribution is 7.89. The van der Waals surface area contributed by atoms with Crippen LogP contribution in [0, 0.1) is 0 Å². The summed E-state index contributed by atoms with van der Waals surface area (Å²) >= 11 is 0. The zero-order chi connectivity index (χ0) is 21.7. The third-order valence-electron chi connectivity index (χ3n) is 5.59. The minimum Gasteiger partial charge on any atom is -0.351 e. The van der Waals surface area contributed by atoms with Crippen molar-refractivity contribution >= 4 is 15.9 Å². The summed E-state index contributed by atoms with van der Waals surface area (Å²) in [5, 5.41) is 2.97. The molecule has 1 aromatic heterocycles. The molecule has 7 nitrogen and oxygen atoms in total. The van der Waals surface area contributed by atoms with Crippen molar-refractivity contribution in [3.05, 3.63) is 84.4 Å². The average molecular weight is 439 g/mol. The monoisotopic (exact) mass is 438 g/mol. The van der Waals surface area contributed by atoms with Crippen molar-refractivity contribution in [3.63, 3.8) is 0 Å².